The zero-order chi connectivity index (χ0) is 37.0. The Morgan fingerprint density at radius 1 is 0.958 bits per heavy atom. The number of likely N-dealkylation sites (N-methyl/N-ethyl adjacent to an activating group) is 1. The number of allylic oxidation sites excluding steroid dienone is 4. The maximum absolute atomic E-state index is 9.43. The number of pyridine rings is 1. The van der Waals surface area contributed by atoms with Gasteiger partial charge in [0.05, 0.1) is 5.70 Å². The van der Waals surface area contributed by atoms with Crippen LogP contribution in [0, 0.1) is 5.92 Å². The van der Waals surface area contributed by atoms with Crippen molar-refractivity contribution in [3.05, 3.63) is 59.5 Å². The van der Waals surface area contributed by atoms with Crippen molar-refractivity contribution >= 4 is 18.8 Å². The minimum absolute atomic E-state index is 0.750. The van der Waals surface area contributed by atoms with Gasteiger partial charge in [0.1, 0.15) is 0 Å². The van der Waals surface area contributed by atoms with Crippen LogP contribution >= 0.6 is 0 Å². The number of aliphatic imine (C=N–C) groups is 1. The van der Waals surface area contributed by atoms with Gasteiger partial charge in [-0.05, 0) is 111 Å². The molecular weight excluding hydrogens is 590 g/mol. The predicted molar refractivity (Wildman–Crippen MR) is 217 cm³/mol. The molecule has 1 amide bonds. The summed E-state index contributed by atoms with van der Waals surface area (Å²) in [5.41, 5.74) is 4.84. The van der Waals surface area contributed by atoms with Crippen LogP contribution in [0.25, 0.3) is 5.70 Å². The smallest absolute Gasteiger partial charge is 0.209 e. The number of aromatic nitrogens is 1. The second-order valence-electron chi connectivity index (χ2n) is 13.4. The fraction of sp³-hybridized carbons (Fsp3) is 0.690. The third-order valence-electron chi connectivity index (χ3n) is 7.44. The lowest BCUT2D eigenvalue weighted by Gasteiger charge is -2.20. The lowest BCUT2D eigenvalue weighted by atomic mass is 10.0. The number of hydrogen-bond donors (Lipinski definition) is 0. The minimum atomic E-state index is 0.750. The van der Waals surface area contributed by atoms with Gasteiger partial charge in [0, 0.05) is 38.6 Å². The van der Waals surface area contributed by atoms with Crippen LogP contribution < -0.4 is 0 Å². The zero-order valence-electron chi connectivity index (χ0n) is 33.9. The molecule has 1 unspecified atom stereocenters. The van der Waals surface area contributed by atoms with E-state index in [1.54, 1.807) is 26.5 Å². The molecule has 1 saturated heterocycles. The van der Waals surface area contributed by atoms with Gasteiger partial charge in [-0.25, -0.2) is 0 Å². The van der Waals surface area contributed by atoms with E-state index >= 15 is 0 Å². The van der Waals surface area contributed by atoms with Crippen molar-refractivity contribution in [2.75, 3.05) is 53.9 Å². The summed E-state index contributed by atoms with van der Waals surface area (Å²) >= 11 is 0. The molecule has 0 saturated carbocycles. The Morgan fingerprint density at radius 2 is 1.54 bits per heavy atom. The number of carbonyl (C=O) groups excluding carboxylic acids is 1. The first-order valence-electron chi connectivity index (χ1n) is 18.9. The minimum Gasteiger partial charge on any atom is -0.351 e. The number of unbranched alkanes of at least 4 members (excludes halogenated alkanes) is 5. The summed E-state index contributed by atoms with van der Waals surface area (Å²) in [6, 6.07) is 3.85. The molecule has 0 N–H and O–H groups in total. The van der Waals surface area contributed by atoms with Crippen LogP contribution in [-0.2, 0) is 4.79 Å². The van der Waals surface area contributed by atoms with E-state index in [9.17, 15) is 4.79 Å². The monoisotopic (exact) mass is 670 g/mol. The van der Waals surface area contributed by atoms with Gasteiger partial charge in [-0.3, -0.25) is 19.7 Å². The number of likely N-dealkylation sites (tertiary alicyclic amines) is 1. The summed E-state index contributed by atoms with van der Waals surface area (Å²) in [5.74, 6) is 0.968. The first-order chi connectivity index (χ1) is 22.9. The molecule has 0 bridgehead atoms. The summed E-state index contributed by atoms with van der Waals surface area (Å²) < 4.78 is 0. The van der Waals surface area contributed by atoms with Gasteiger partial charge < -0.3 is 9.80 Å². The van der Waals surface area contributed by atoms with Crippen LogP contribution in [-0.4, -0.2) is 86.7 Å². The Balaban J connectivity index is -0.000000595. The van der Waals surface area contributed by atoms with E-state index in [4.69, 9.17) is 0 Å². The van der Waals surface area contributed by atoms with Crippen LogP contribution in [0.15, 0.2) is 58.9 Å². The molecule has 1 fully saturated rings. The van der Waals surface area contributed by atoms with E-state index in [1.807, 2.05) is 18.2 Å². The SMILES string of the molecule is C=N/C(=C\CC)c1ccncc1.CC1CCCN(C)CC1.CCC.CCCCCCCCN(CC)C/C(C)=C/C=C(C)C.CN(C)C=O. The zero-order valence-corrected chi connectivity index (χ0v) is 33.9. The standard InChI is InChI=1S/C18H35N.C10H12N2.C8H17N.C3H7NO.C3H8/c1-6-8-9-10-11-12-15-19(7-2)16-18(5)14-13-17(3)4;1-3-4-10(11-2)9-5-7-12-8-6-9;1-8-4-3-6-9(2)7-5-8;1-4(2)3-5;1-3-2/h13-14H,6-12,15-16H2,1-5H3;4-8H,2-3H2,1H3;8H,3-7H2,1-2H3;3H,1-2H3;3H2,1-2H3/b18-14+;10-4-;;;. The van der Waals surface area contributed by atoms with Crippen molar-refractivity contribution < 1.29 is 4.79 Å². The predicted octanol–water partition coefficient (Wildman–Crippen LogP) is 11.0. The summed E-state index contributed by atoms with van der Waals surface area (Å²) in [6.45, 7) is 29.4. The van der Waals surface area contributed by atoms with E-state index in [1.165, 1.54) is 99.9 Å². The summed E-state index contributed by atoms with van der Waals surface area (Å²) in [4.78, 5) is 23.7. The first-order valence-corrected chi connectivity index (χ1v) is 18.9. The van der Waals surface area contributed by atoms with Gasteiger partial charge in [0.25, 0.3) is 0 Å². The Hall–Kier alpha value is -2.57. The highest BCUT2D eigenvalue weighted by Gasteiger charge is 2.09. The van der Waals surface area contributed by atoms with Crippen molar-refractivity contribution in [3.63, 3.8) is 0 Å². The van der Waals surface area contributed by atoms with Crippen LogP contribution in [0.4, 0.5) is 0 Å². The topological polar surface area (TPSA) is 52.0 Å². The molecule has 2 rings (SSSR count). The highest BCUT2D eigenvalue weighted by Crippen LogP contribution is 2.15. The number of carbonyl (C=O) groups is 1. The second-order valence-corrected chi connectivity index (χ2v) is 13.4. The fourth-order valence-corrected chi connectivity index (χ4v) is 4.58. The van der Waals surface area contributed by atoms with E-state index < -0.39 is 0 Å². The van der Waals surface area contributed by atoms with E-state index in [0.29, 0.717) is 0 Å². The Labute approximate surface area is 299 Å². The lowest BCUT2D eigenvalue weighted by molar-refractivity contribution is -0.115. The molecule has 1 aromatic heterocycles. The maximum Gasteiger partial charge on any atom is 0.209 e. The second kappa shape index (κ2) is 37.3. The average molecular weight is 670 g/mol. The molecule has 278 valence electrons. The van der Waals surface area contributed by atoms with Crippen LogP contribution in [0.2, 0.25) is 0 Å². The molecule has 0 radical (unpaired) electrons. The third-order valence-corrected chi connectivity index (χ3v) is 7.44. The average Bonchev–Trinajstić information content (AvgIpc) is 3.27. The van der Waals surface area contributed by atoms with Gasteiger partial charge in [0.2, 0.25) is 6.41 Å². The van der Waals surface area contributed by atoms with Gasteiger partial charge >= 0.3 is 0 Å². The van der Waals surface area contributed by atoms with E-state index in [-0.39, 0.29) is 0 Å². The lowest BCUT2D eigenvalue weighted by Crippen LogP contribution is -2.26. The van der Waals surface area contributed by atoms with Crippen LogP contribution in [0.3, 0.4) is 0 Å². The quantitative estimate of drug-likeness (QED) is 0.0807. The first kappa shape index (κ1) is 49.8. The summed E-state index contributed by atoms with van der Waals surface area (Å²) in [5, 5.41) is 0. The van der Waals surface area contributed by atoms with E-state index in [2.05, 4.69) is 108 Å². The normalized spacial score (nSPS) is 14.6. The van der Waals surface area contributed by atoms with Crippen molar-refractivity contribution in [2.24, 2.45) is 10.9 Å². The number of nitrogens with zero attached hydrogens (tertiary/aromatic N) is 5. The summed E-state index contributed by atoms with van der Waals surface area (Å²) in [7, 11) is 5.60. The number of rotatable bonds is 15. The highest BCUT2D eigenvalue weighted by atomic mass is 16.1. The summed E-state index contributed by atoms with van der Waals surface area (Å²) in [6.07, 6.45) is 25.6. The van der Waals surface area contributed by atoms with Crippen molar-refractivity contribution in [1.82, 2.24) is 19.7 Å². The molecule has 1 aliphatic rings. The maximum atomic E-state index is 9.43. The Bertz CT molecular complexity index is 925. The highest BCUT2D eigenvalue weighted by molar-refractivity contribution is 5.67. The molecule has 1 aliphatic heterocycles. The van der Waals surface area contributed by atoms with Gasteiger partial charge in [0.15, 0.2) is 0 Å². The van der Waals surface area contributed by atoms with Crippen LogP contribution in [0.1, 0.15) is 139 Å². The van der Waals surface area contributed by atoms with Gasteiger partial charge in [-0.1, -0.05) is 109 Å². The molecule has 2 heterocycles. The molecule has 48 heavy (non-hydrogen) atoms. The molecule has 0 aromatic carbocycles. The largest absolute Gasteiger partial charge is 0.351 e. The Kier molecular flexibility index (Phi) is 38.7. The van der Waals surface area contributed by atoms with Gasteiger partial charge in [-0.15, -0.1) is 0 Å². The van der Waals surface area contributed by atoms with Crippen molar-refractivity contribution in [1.29, 1.82) is 0 Å². The molecule has 6 nitrogen and oxygen atoms in total. The van der Waals surface area contributed by atoms with E-state index in [0.717, 1.165) is 43.1 Å². The molecule has 0 spiro atoms. The molecule has 1 aromatic rings. The van der Waals surface area contributed by atoms with Crippen molar-refractivity contribution in [3.8, 4) is 0 Å². The van der Waals surface area contributed by atoms with Gasteiger partial charge in [-0.2, -0.15) is 0 Å². The van der Waals surface area contributed by atoms with Crippen LogP contribution in [0.5, 0.6) is 0 Å². The molecule has 6 heteroatoms. The molecular formula is C42H79N5O. The Morgan fingerprint density at radius 3 is 2.04 bits per heavy atom. The third kappa shape index (κ3) is 36.3. The molecule has 1 atom stereocenters. The fourth-order valence-electron chi connectivity index (χ4n) is 4.58. The van der Waals surface area contributed by atoms with Crippen molar-refractivity contribution in [2.45, 2.75) is 133 Å². The number of amides is 1. The molecule has 0 aliphatic carbocycles. The number of hydrogen-bond acceptors (Lipinski definition) is 5.